The van der Waals surface area contributed by atoms with Crippen molar-refractivity contribution in [2.75, 3.05) is 6.54 Å². The van der Waals surface area contributed by atoms with E-state index in [0.717, 1.165) is 35.5 Å². The zero-order valence-corrected chi connectivity index (χ0v) is 12.5. The van der Waals surface area contributed by atoms with E-state index in [1.54, 1.807) is 0 Å². The predicted octanol–water partition coefficient (Wildman–Crippen LogP) is 3.17. The van der Waals surface area contributed by atoms with E-state index in [9.17, 15) is 0 Å². The molecule has 0 spiro atoms. The predicted molar refractivity (Wildman–Crippen MR) is 85.4 cm³/mol. The Labute approximate surface area is 124 Å². The van der Waals surface area contributed by atoms with Gasteiger partial charge >= 0.3 is 0 Å². The molecule has 2 aromatic heterocycles. The third-order valence-electron chi connectivity index (χ3n) is 3.35. The van der Waals surface area contributed by atoms with Crippen LogP contribution >= 0.6 is 0 Å². The molecule has 2 heterocycles. The number of pyridine rings is 1. The van der Waals surface area contributed by atoms with Gasteiger partial charge in [-0.2, -0.15) is 5.10 Å². The highest BCUT2D eigenvalue weighted by Crippen LogP contribution is 2.16. The number of fused-ring (bicyclic) bond motifs is 1. The molecule has 3 aromatic rings. The van der Waals surface area contributed by atoms with E-state index >= 15 is 0 Å². The van der Waals surface area contributed by atoms with Crippen LogP contribution in [0.15, 0.2) is 48.7 Å². The Kier molecular flexibility index (Phi) is 3.97. The summed E-state index contributed by atoms with van der Waals surface area (Å²) in [6.45, 7) is 6.18. The topological polar surface area (TPSA) is 42.7 Å². The molecule has 21 heavy (non-hydrogen) atoms. The van der Waals surface area contributed by atoms with Gasteiger partial charge in [-0.25, -0.2) is 9.67 Å². The van der Waals surface area contributed by atoms with Crippen LogP contribution in [-0.2, 0) is 6.54 Å². The van der Waals surface area contributed by atoms with E-state index in [-0.39, 0.29) is 0 Å². The zero-order chi connectivity index (χ0) is 14.7. The fourth-order valence-electron chi connectivity index (χ4n) is 2.33. The third kappa shape index (κ3) is 3.11. The minimum absolute atomic E-state index is 0.642. The molecular weight excluding hydrogens is 260 g/mol. The first-order chi connectivity index (χ1) is 10.2. The van der Waals surface area contributed by atoms with E-state index in [2.05, 4.69) is 36.4 Å². The number of nitrogens with zero attached hydrogens (tertiary/aromatic N) is 3. The maximum absolute atomic E-state index is 4.70. The van der Waals surface area contributed by atoms with Crippen molar-refractivity contribution in [3.8, 4) is 5.82 Å². The van der Waals surface area contributed by atoms with Crippen molar-refractivity contribution in [3.63, 3.8) is 0 Å². The van der Waals surface area contributed by atoms with E-state index in [1.165, 1.54) is 0 Å². The van der Waals surface area contributed by atoms with Gasteiger partial charge in [0.1, 0.15) is 0 Å². The molecule has 4 nitrogen and oxygen atoms in total. The second-order valence-electron chi connectivity index (χ2n) is 5.63. The monoisotopic (exact) mass is 280 g/mol. The molecule has 0 aliphatic rings. The highest BCUT2D eigenvalue weighted by molar-refractivity contribution is 5.79. The molecule has 0 unspecified atom stereocenters. The van der Waals surface area contributed by atoms with Gasteiger partial charge in [-0.05, 0) is 30.7 Å². The van der Waals surface area contributed by atoms with Crippen LogP contribution in [0, 0.1) is 5.92 Å². The molecule has 3 rings (SSSR count). The van der Waals surface area contributed by atoms with Crippen molar-refractivity contribution in [1.29, 1.82) is 0 Å². The molecular formula is C17H20N4. The van der Waals surface area contributed by atoms with Gasteiger partial charge in [0.2, 0.25) is 0 Å². The minimum Gasteiger partial charge on any atom is -0.311 e. The summed E-state index contributed by atoms with van der Waals surface area (Å²) < 4.78 is 1.89. The quantitative estimate of drug-likeness (QED) is 0.780. The lowest BCUT2D eigenvalue weighted by Crippen LogP contribution is -2.19. The van der Waals surface area contributed by atoms with Crippen LogP contribution in [0.25, 0.3) is 16.7 Å². The first kappa shape index (κ1) is 13.8. The molecule has 0 amide bonds. The highest BCUT2D eigenvalue weighted by Gasteiger charge is 2.06. The van der Waals surface area contributed by atoms with Gasteiger partial charge in [-0.15, -0.1) is 0 Å². The van der Waals surface area contributed by atoms with Crippen LogP contribution in [0.5, 0.6) is 0 Å². The molecule has 0 aliphatic heterocycles. The number of nitrogens with one attached hydrogen (secondary N) is 1. The van der Waals surface area contributed by atoms with Gasteiger partial charge in [0.05, 0.1) is 17.4 Å². The number of hydrogen-bond acceptors (Lipinski definition) is 3. The standard InChI is InChI=1S/C17H20N4/c1-13(2)10-18-12-15-7-5-9-17(20-15)21-16-8-4-3-6-14(16)11-19-21/h3-9,11,13,18H,10,12H2,1-2H3. The Balaban J connectivity index is 1.85. The van der Waals surface area contributed by atoms with E-state index < -0.39 is 0 Å². The molecule has 0 saturated carbocycles. The Hall–Kier alpha value is -2.20. The van der Waals surface area contributed by atoms with Crippen LogP contribution in [0.2, 0.25) is 0 Å². The number of aromatic nitrogens is 3. The summed E-state index contributed by atoms with van der Waals surface area (Å²) in [6, 6.07) is 14.2. The Morgan fingerprint density at radius 2 is 1.95 bits per heavy atom. The van der Waals surface area contributed by atoms with Gasteiger partial charge in [-0.1, -0.05) is 38.1 Å². The second-order valence-corrected chi connectivity index (χ2v) is 5.63. The molecule has 0 fully saturated rings. The van der Waals surface area contributed by atoms with E-state index in [4.69, 9.17) is 4.98 Å². The van der Waals surface area contributed by atoms with Gasteiger partial charge in [0.15, 0.2) is 5.82 Å². The lowest BCUT2D eigenvalue weighted by atomic mass is 10.2. The third-order valence-corrected chi connectivity index (χ3v) is 3.35. The van der Waals surface area contributed by atoms with Gasteiger partial charge in [0.25, 0.3) is 0 Å². The Morgan fingerprint density at radius 1 is 1.10 bits per heavy atom. The van der Waals surface area contributed by atoms with Crippen LogP contribution in [0.4, 0.5) is 0 Å². The molecule has 0 aliphatic carbocycles. The molecule has 1 N–H and O–H groups in total. The summed E-state index contributed by atoms with van der Waals surface area (Å²) in [5.41, 5.74) is 2.12. The lowest BCUT2D eigenvalue weighted by Gasteiger charge is -2.08. The molecule has 0 radical (unpaired) electrons. The van der Waals surface area contributed by atoms with Crippen molar-refractivity contribution in [2.45, 2.75) is 20.4 Å². The minimum atomic E-state index is 0.642. The zero-order valence-electron chi connectivity index (χ0n) is 12.5. The average molecular weight is 280 g/mol. The number of rotatable bonds is 5. The summed E-state index contributed by atoms with van der Waals surface area (Å²) in [5, 5.41) is 9.00. The van der Waals surface area contributed by atoms with Gasteiger partial charge in [-0.3, -0.25) is 0 Å². The number of hydrogen-bond donors (Lipinski definition) is 1. The van der Waals surface area contributed by atoms with Crippen molar-refractivity contribution in [1.82, 2.24) is 20.1 Å². The summed E-state index contributed by atoms with van der Waals surface area (Å²) in [6.07, 6.45) is 1.88. The van der Waals surface area contributed by atoms with Crippen molar-refractivity contribution >= 4 is 10.9 Å². The summed E-state index contributed by atoms with van der Waals surface area (Å²) >= 11 is 0. The molecule has 1 aromatic carbocycles. The summed E-state index contributed by atoms with van der Waals surface area (Å²) in [7, 11) is 0. The Morgan fingerprint density at radius 3 is 2.81 bits per heavy atom. The van der Waals surface area contributed by atoms with Crippen LogP contribution in [0.3, 0.4) is 0 Å². The lowest BCUT2D eigenvalue weighted by molar-refractivity contribution is 0.548. The van der Waals surface area contributed by atoms with Crippen molar-refractivity contribution in [3.05, 3.63) is 54.4 Å². The van der Waals surface area contributed by atoms with Crippen molar-refractivity contribution in [2.24, 2.45) is 5.92 Å². The first-order valence-corrected chi connectivity index (χ1v) is 7.34. The normalized spacial score (nSPS) is 11.4. The maximum Gasteiger partial charge on any atom is 0.154 e. The number of benzene rings is 1. The molecule has 0 atom stereocenters. The van der Waals surface area contributed by atoms with Crippen LogP contribution < -0.4 is 5.32 Å². The fourth-order valence-corrected chi connectivity index (χ4v) is 2.33. The van der Waals surface area contributed by atoms with E-state index in [1.807, 2.05) is 41.2 Å². The largest absolute Gasteiger partial charge is 0.311 e. The van der Waals surface area contributed by atoms with Gasteiger partial charge < -0.3 is 5.32 Å². The van der Waals surface area contributed by atoms with Crippen LogP contribution in [0.1, 0.15) is 19.5 Å². The van der Waals surface area contributed by atoms with E-state index in [0.29, 0.717) is 5.92 Å². The fraction of sp³-hybridized carbons (Fsp3) is 0.294. The number of para-hydroxylation sites is 1. The van der Waals surface area contributed by atoms with Gasteiger partial charge in [0, 0.05) is 11.9 Å². The summed E-state index contributed by atoms with van der Waals surface area (Å²) in [5.74, 6) is 1.50. The van der Waals surface area contributed by atoms with Crippen molar-refractivity contribution < 1.29 is 0 Å². The molecule has 0 saturated heterocycles. The smallest absolute Gasteiger partial charge is 0.154 e. The molecule has 4 heteroatoms. The first-order valence-electron chi connectivity index (χ1n) is 7.34. The molecule has 108 valence electrons. The molecule has 0 bridgehead atoms. The average Bonchev–Trinajstić information content (AvgIpc) is 2.91. The highest BCUT2D eigenvalue weighted by atomic mass is 15.3. The second kappa shape index (κ2) is 6.06. The summed E-state index contributed by atoms with van der Waals surface area (Å²) in [4.78, 5) is 4.70. The Bertz CT molecular complexity index is 730. The van der Waals surface area contributed by atoms with Crippen LogP contribution in [-0.4, -0.2) is 21.3 Å². The maximum atomic E-state index is 4.70. The SMILES string of the molecule is CC(C)CNCc1cccc(-n2ncc3ccccc32)n1.